The van der Waals surface area contributed by atoms with Crippen molar-refractivity contribution in [3.63, 3.8) is 0 Å². The lowest BCUT2D eigenvalue weighted by molar-refractivity contribution is -0.137. The van der Waals surface area contributed by atoms with Gasteiger partial charge in [-0.15, -0.1) is 0 Å². The van der Waals surface area contributed by atoms with Gasteiger partial charge in [-0.05, 0) is 49.7 Å². The van der Waals surface area contributed by atoms with Crippen LogP contribution in [0.25, 0.3) is 5.70 Å². The van der Waals surface area contributed by atoms with Crippen molar-refractivity contribution >= 4 is 34.5 Å². The van der Waals surface area contributed by atoms with E-state index in [-0.39, 0.29) is 16.9 Å². The van der Waals surface area contributed by atoms with E-state index in [1.807, 2.05) is 20.8 Å². The molecule has 3 rings (SSSR count). The molecule has 0 radical (unpaired) electrons. The van der Waals surface area contributed by atoms with Crippen molar-refractivity contribution in [2.45, 2.75) is 33.4 Å². The van der Waals surface area contributed by atoms with E-state index in [0.717, 1.165) is 23.4 Å². The Morgan fingerprint density at radius 1 is 1.18 bits per heavy atom. The Labute approximate surface area is 225 Å². The average molecular weight is 543 g/mol. The Morgan fingerprint density at radius 2 is 1.87 bits per heavy atom. The van der Waals surface area contributed by atoms with Gasteiger partial charge in [0.05, 0.1) is 28.8 Å². The molecule has 0 saturated carbocycles. The summed E-state index contributed by atoms with van der Waals surface area (Å²) in [6.45, 7) is 5.53. The maximum absolute atomic E-state index is 13.6. The smallest absolute Gasteiger partial charge is 0.397 e. The van der Waals surface area contributed by atoms with E-state index in [2.05, 4.69) is 15.4 Å². The number of aliphatic imine (C=N–C) groups is 1. The molecule has 1 aromatic heterocycles. The fourth-order valence-electron chi connectivity index (χ4n) is 3.86. The Balaban J connectivity index is 1.93. The van der Waals surface area contributed by atoms with Gasteiger partial charge >= 0.3 is 6.18 Å². The largest absolute Gasteiger partial charge is 0.416 e. The van der Waals surface area contributed by atoms with E-state index in [1.54, 1.807) is 55.1 Å². The second-order valence-corrected chi connectivity index (χ2v) is 9.26. The third kappa shape index (κ3) is 6.96. The van der Waals surface area contributed by atoms with Crippen molar-refractivity contribution in [3.8, 4) is 0 Å². The molecule has 0 saturated heterocycles. The topological polar surface area (TPSA) is 118 Å². The lowest BCUT2D eigenvalue weighted by Gasteiger charge is -2.19. The highest BCUT2D eigenvalue weighted by molar-refractivity contribution is 6.05. The average Bonchev–Trinajstić information content (AvgIpc) is 3.19. The number of carbonyl (C=O) groups excluding carboxylic acids is 1. The summed E-state index contributed by atoms with van der Waals surface area (Å²) < 4.78 is 42.5. The zero-order chi connectivity index (χ0) is 29.1. The number of nitrogens with two attached hydrogens (primary N) is 2. The predicted octanol–water partition coefficient (Wildman–Crippen LogP) is 4.95. The van der Waals surface area contributed by atoms with Gasteiger partial charge in [-0.1, -0.05) is 13.0 Å². The molecular formula is C27H33F3N8O. The third-order valence-corrected chi connectivity index (χ3v) is 6.17. The fourth-order valence-corrected chi connectivity index (χ4v) is 3.86. The summed E-state index contributed by atoms with van der Waals surface area (Å²) >= 11 is 0. The number of nitrogens with one attached hydrogen (secondary N) is 1. The molecule has 39 heavy (non-hydrogen) atoms. The van der Waals surface area contributed by atoms with Crippen molar-refractivity contribution in [2.75, 3.05) is 24.4 Å². The van der Waals surface area contributed by atoms with Crippen LogP contribution in [-0.4, -0.2) is 40.5 Å². The number of halogens is 3. The van der Waals surface area contributed by atoms with Crippen molar-refractivity contribution in [1.29, 1.82) is 0 Å². The van der Waals surface area contributed by atoms with Gasteiger partial charge < -0.3 is 16.0 Å². The highest BCUT2D eigenvalue weighted by atomic mass is 19.4. The lowest BCUT2D eigenvalue weighted by atomic mass is 10.1. The van der Waals surface area contributed by atoms with Gasteiger partial charge in [0.15, 0.2) is 0 Å². The number of aromatic nitrogens is 2. The Kier molecular flexibility index (Phi) is 8.70. The monoisotopic (exact) mass is 542 g/mol. The number of rotatable bonds is 7. The number of alkyl halides is 3. The van der Waals surface area contributed by atoms with Crippen LogP contribution in [0.2, 0.25) is 0 Å². The molecule has 2 aromatic carbocycles. The molecule has 1 amide bonds. The summed E-state index contributed by atoms with van der Waals surface area (Å²) in [5.41, 5.74) is 8.72. The van der Waals surface area contributed by atoms with Crippen LogP contribution in [0.3, 0.4) is 0 Å². The normalized spacial score (nSPS) is 12.5. The molecular weight excluding hydrogens is 509 g/mol. The maximum atomic E-state index is 13.6. The number of amidine groups is 1. The van der Waals surface area contributed by atoms with Gasteiger partial charge in [-0.3, -0.25) is 14.5 Å². The number of anilines is 2. The molecule has 0 aliphatic heterocycles. The summed E-state index contributed by atoms with van der Waals surface area (Å²) in [6.07, 6.45) is -0.959. The highest BCUT2D eigenvalue weighted by Crippen LogP contribution is 2.35. The van der Waals surface area contributed by atoms with Crippen LogP contribution in [0.1, 0.15) is 46.1 Å². The minimum atomic E-state index is -4.62. The summed E-state index contributed by atoms with van der Waals surface area (Å²) in [4.78, 5) is 19.2. The molecule has 0 fully saturated rings. The maximum Gasteiger partial charge on any atom is 0.416 e. The number of amides is 1. The summed E-state index contributed by atoms with van der Waals surface area (Å²) in [7, 11) is 5.31. The molecule has 0 aliphatic carbocycles. The van der Waals surface area contributed by atoms with Crippen molar-refractivity contribution in [3.05, 3.63) is 76.7 Å². The first-order chi connectivity index (χ1) is 18.2. The van der Waals surface area contributed by atoms with Gasteiger partial charge in [-0.25, -0.2) is 10.8 Å². The highest BCUT2D eigenvalue weighted by Gasteiger charge is 2.31. The summed E-state index contributed by atoms with van der Waals surface area (Å²) in [5.74, 6) is 6.24. The molecule has 9 nitrogen and oxygen atoms in total. The van der Waals surface area contributed by atoms with Gasteiger partial charge in [0.25, 0.3) is 5.91 Å². The van der Waals surface area contributed by atoms with Gasteiger partial charge in [0.1, 0.15) is 5.84 Å². The molecule has 0 unspecified atom stereocenters. The summed E-state index contributed by atoms with van der Waals surface area (Å²) in [6, 6.07) is 8.02. The predicted molar refractivity (Wildman–Crippen MR) is 148 cm³/mol. The second kappa shape index (κ2) is 11.6. The molecule has 5 N–H and O–H groups in total. The molecule has 0 spiro atoms. The van der Waals surface area contributed by atoms with Crippen molar-refractivity contribution < 1.29 is 18.0 Å². The fraction of sp³-hybridized carbons (Fsp3) is 0.296. The lowest BCUT2D eigenvalue weighted by Crippen LogP contribution is -2.27. The van der Waals surface area contributed by atoms with Gasteiger partial charge in [-0.2, -0.15) is 18.3 Å². The van der Waals surface area contributed by atoms with Gasteiger partial charge in [0.2, 0.25) is 0 Å². The van der Waals surface area contributed by atoms with Crippen LogP contribution in [0, 0.1) is 13.8 Å². The van der Waals surface area contributed by atoms with Crippen LogP contribution in [0.4, 0.5) is 30.2 Å². The Morgan fingerprint density at radius 3 is 2.44 bits per heavy atom. The quantitative estimate of drug-likeness (QED) is 0.168. The zero-order valence-electron chi connectivity index (χ0n) is 22.8. The van der Waals surface area contributed by atoms with E-state index in [1.165, 1.54) is 17.3 Å². The van der Waals surface area contributed by atoms with E-state index >= 15 is 0 Å². The SMILES string of the molecule is CC/C(=N\c1cc(NC(=O)c2ccc(C)c(N(N)/C=C(\N)c3cnn(C)c3C)c2)cc(C(F)(F)F)c1)N(C)C. The molecule has 0 bridgehead atoms. The van der Waals surface area contributed by atoms with E-state index in [0.29, 0.717) is 29.2 Å². The van der Waals surface area contributed by atoms with Crippen LogP contribution < -0.4 is 21.9 Å². The van der Waals surface area contributed by atoms with Crippen molar-refractivity contribution in [2.24, 2.45) is 23.6 Å². The minimum absolute atomic E-state index is 0.0364. The molecule has 0 atom stereocenters. The summed E-state index contributed by atoms with van der Waals surface area (Å²) in [5, 5.41) is 8.02. The number of nitrogens with zero attached hydrogens (tertiary/aromatic N) is 5. The molecule has 1 heterocycles. The number of hydrogen-bond donors (Lipinski definition) is 3. The van der Waals surface area contributed by atoms with Gasteiger partial charge in [0, 0.05) is 56.3 Å². The Hall–Kier alpha value is -4.32. The van der Waals surface area contributed by atoms with E-state index in [4.69, 9.17) is 11.6 Å². The number of hydrogen-bond acceptors (Lipinski definition) is 6. The first kappa shape index (κ1) is 29.2. The molecule has 208 valence electrons. The number of aryl methyl sites for hydroxylation is 2. The standard InChI is InChI=1S/C27H33F3N8O/c1-7-25(36(4)5)34-20-11-19(27(28,29)30)12-21(13-20)35-26(39)18-9-8-16(2)24(10-18)38(32)15-23(31)22-14-33-37(6)17(22)3/h8-15H,7,31-32H2,1-6H3,(H,35,39)/b23-15-,34-25+. The van der Waals surface area contributed by atoms with Crippen LogP contribution in [0.15, 0.2) is 53.8 Å². The molecule has 3 aromatic rings. The first-order valence-electron chi connectivity index (χ1n) is 12.1. The van der Waals surface area contributed by atoms with Crippen LogP contribution >= 0.6 is 0 Å². The van der Waals surface area contributed by atoms with Crippen LogP contribution in [-0.2, 0) is 13.2 Å². The molecule has 0 aliphatic rings. The van der Waals surface area contributed by atoms with Crippen molar-refractivity contribution in [1.82, 2.24) is 14.7 Å². The van der Waals surface area contributed by atoms with E-state index in [9.17, 15) is 18.0 Å². The number of hydrazine groups is 1. The van der Waals surface area contributed by atoms with Crippen LogP contribution in [0.5, 0.6) is 0 Å². The molecule has 12 heteroatoms. The number of carbonyl (C=O) groups is 1. The second-order valence-electron chi connectivity index (χ2n) is 9.26. The zero-order valence-corrected chi connectivity index (χ0v) is 22.8. The van der Waals surface area contributed by atoms with E-state index < -0.39 is 17.6 Å². The minimum Gasteiger partial charge on any atom is -0.397 e. The third-order valence-electron chi connectivity index (χ3n) is 6.17. The first-order valence-corrected chi connectivity index (χ1v) is 12.1. The number of benzene rings is 2. The Bertz CT molecular complexity index is 1420.